The molecule has 32 nitrogen and oxygen atoms in total. The number of nitrogens with one attached hydrogen (secondary N) is 3. The van der Waals surface area contributed by atoms with Gasteiger partial charge in [0.1, 0.15) is 107 Å². The highest BCUT2D eigenvalue weighted by Gasteiger charge is 2.50. The molecule has 11 atom stereocenters. The Hall–Kier alpha value is -9.87. The van der Waals surface area contributed by atoms with Gasteiger partial charge in [-0.2, -0.15) is 13.2 Å². The lowest BCUT2D eigenvalue weighted by Gasteiger charge is -2.46. The minimum Gasteiger partial charge on any atom is -0.406 e. The van der Waals surface area contributed by atoms with Crippen molar-refractivity contribution >= 4 is 83.9 Å². The SMILES string of the molecule is CC(C)(C)c1ccc2nc(CCC3CC(N(C[C@H]4O[C@@H](n5cnc6c(N)ncnc65)[C@H](O)[C@@H]4O)CC(F)(F)F)C3)[nH]c2c1.CC(C)N(C[C@@H]1C[C@@H](O)[C@H](n2ccc3c(N)ncnc32)O1)C1CC(CCc2nc3ccc(C(C)(C)C)cc3[nH]2)C1.CC(C)N(C[C@H]1O[C@@H](n2cnc3c(N)ncnc32)[C@H](O)[C@@H]1O)C1CC(CCc2nc3ccc(OC(F)(F)F)cc3[nH]2)C1. The van der Waals surface area contributed by atoms with Crippen molar-refractivity contribution in [3.05, 3.63) is 127 Å². The lowest BCUT2D eigenvalue weighted by atomic mass is 9.76. The van der Waals surface area contributed by atoms with Gasteiger partial charge in [0.05, 0.1) is 63.8 Å². The Morgan fingerprint density at radius 2 is 0.912 bits per heavy atom. The first-order chi connectivity index (χ1) is 59.3. The summed E-state index contributed by atoms with van der Waals surface area (Å²) in [5, 5.41) is 54.9. The third-order valence-electron chi connectivity index (χ3n) is 25.9. The second-order valence-electron chi connectivity index (χ2n) is 37.4. The van der Waals surface area contributed by atoms with E-state index in [9.17, 15) is 51.9 Å². The molecular formula is C87H113F6N23O9. The highest BCUT2D eigenvalue weighted by atomic mass is 19.4. The number of nitrogens with zero attached hydrogens (tertiary/aromatic N) is 17. The summed E-state index contributed by atoms with van der Waals surface area (Å²) in [6.45, 7) is 21.9. The first-order valence-corrected chi connectivity index (χ1v) is 43.1. The van der Waals surface area contributed by atoms with E-state index in [4.69, 9.17) is 41.4 Å². The van der Waals surface area contributed by atoms with Gasteiger partial charge in [-0.25, -0.2) is 54.8 Å². The van der Waals surface area contributed by atoms with Crippen LogP contribution >= 0.6 is 0 Å². The van der Waals surface area contributed by atoms with Crippen LogP contribution < -0.4 is 21.9 Å². The summed E-state index contributed by atoms with van der Waals surface area (Å²) in [6.07, 6.45) is 1.08. The van der Waals surface area contributed by atoms with E-state index >= 15 is 0 Å². The number of aliphatic hydroxyl groups is 5. The smallest absolute Gasteiger partial charge is 0.406 e. The summed E-state index contributed by atoms with van der Waals surface area (Å²) >= 11 is 0. The Morgan fingerprint density at radius 3 is 1.37 bits per heavy atom. The molecule has 0 spiro atoms. The van der Waals surface area contributed by atoms with Gasteiger partial charge in [-0.05, 0) is 168 Å². The maximum absolute atomic E-state index is 13.6. The molecule has 12 aromatic rings. The van der Waals surface area contributed by atoms with Crippen LogP contribution in [-0.2, 0) is 44.3 Å². The van der Waals surface area contributed by atoms with Gasteiger partial charge in [0.25, 0.3) is 0 Å². The van der Waals surface area contributed by atoms with E-state index < -0.39 is 80.5 Å². The van der Waals surface area contributed by atoms with Crippen LogP contribution in [-0.4, -0.2) is 241 Å². The number of anilines is 3. The van der Waals surface area contributed by atoms with Gasteiger partial charge >= 0.3 is 12.5 Å². The normalized spacial score (nSPS) is 26.2. The van der Waals surface area contributed by atoms with Crippen LogP contribution in [0.2, 0.25) is 0 Å². The van der Waals surface area contributed by atoms with Crippen molar-refractivity contribution in [2.75, 3.05) is 43.4 Å². The topological polar surface area (TPSA) is 430 Å². The highest BCUT2D eigenvalue weighted by Crippen LogP contribution is 2.44. The van der Waals surface area contributed by atoms with E-state index in [2.05, 4.69) is 174 Å². The fourth-order valence-corrected chi connectivity index (χ4v) is 18.8. The molecule has 6 aliphatic rings. The molecule has 14 N–H and O–H groups in total. The Bertz CT molecular complexity index is 5720. The van der Waals surface area contributed by atoms with Crippen molar-refractivity contribution in [2.45, 2.75) is 274 Å². The van der Waals surface area contributed by atoms with Crippen molar-refractivity contribution in [1.82, 2.24) is 98.2 Å². The maximum atomic E-state index is 13.6. The summed E-state index contributed by atoms with van der Waals surface area (Å²) in [5.74, 6) is 4.63. The number of fused-ring (bicyclic) bond motifs is 6. The van der Waals surface area contributed by atoms with Crippen LogP contribution in [0.25, 0.3) is 66.5 Å². The number of hydrogen-bond acceptors (Lipinski definition) is 26. The molecule has 3 aliphatic heterocycles. The van der Waals surface area contributed by atoms with Crippen LogP contribution in [0, 0.1) is 17.8 Å². The quantitative estimate of drug-likeness (QED) is 0.0237. The number of aromatic amines is 3. The summed E-state index contributed by atoms with van der Waals surface area (Å²) in [7, 11) is 0. The molecule has 3 saturated heterocycles. The second kappa shape index (κ2) is 35.4. The minimum atomic E-state index is -4.75. The molecule has 3 aromatic carbocycles. The number of benzene rings is 3. The molecule has 672 valence electrons. The van der Waals surface area contributed by atoms with E-state index in [0.29, 0.717) is 108 Å². The number of rotatable bonds is 25. The number of alkyl halides is 6. The molecule has 0 amide bonds. The predicted molar refractivity (Wildman–Crippen MR) is 456 cm³/mol. The molecular weight excluding hydrogens is 1630 g/mol. The zero-order chi connectivity index (χ0) is 88.6. The summed E-state index contributed by atoms with van der Waals surface area (Å²) in [5.41, 5.74) is 27.7. The number of imidazole rings is 5. The molecule has 9 aromatic heterocycles. The zero-order valence-electron chi connectivity index (χ0n) is 71.7. The molecule has 125 heavy (non-hydrogen) atoms. The summed E-state index contributed by atoms with van der Waals surface area (Å²) < 4.78 is 106. The number of aromatic nitrogens is 17. The lowest BCUT2D eigenvalue weighted by molar-refractivity contribution is -0.274. The number of aryl methyl sites for hydroxylation is 3. The fraction of sp³-hybridized carbons (Fsp3) is 0.575. The van der Waals surface area contributed by atoms with Crippen LogP contribution in [0.5, 0.6) is 5.75 Å². The number of nitrogen functional groups attached to an aromatic ring is 3. The van der Waals surface area contributed by atoms with Crippen molar-refractivity contribution in [3.63, 3.8) is 0 Å². The van der Waals surface area contributed by atoms with Crippen molar-refractivity contribution in [3.8, 4) is 5.75 Å². The molecule has 0 bridgehead atoms. The van der Waals surface area contributed by atoms with E-state index in [1.165, 1.54) is 83.3 Å². The number of H-pyrrole nitrogens is 3. The van der Waals surface area contributed by atoms with E-state index in [1.807, 2.05) is 22.9 Å². The minimum absolute atomic E-state index is 0.0264. The number of halogens is 6. The summed E-state index contributed by atoms with van der Waals surface area (Å²) in [6, 6.07) is 19.9. The predicted octanol–water partition coefficient (Wildman–Crippen LogP) is 11.4. The number of aliphatic hydroxyl groups excluding tert-OH is 5. The first-order valence-electron chi connectivity index (χ1n) is 43.1. The standard InChI is InChI=1S/C31H43N7O2.C29H37F3N8O3.C27H33F3N8O4/c1-18(2)38(16-22-15-26(39)30(40-22)37-11-10-23-28(32)33-17-34-29(23)37)21-12-19(13-21)6-9-27-35-24-8-7-20(31(3,4)5)14-25(24)36-27;1-28(2,3)16-5-6-18-19(10-16)38-21(37-18)7-4-15-8-17(9-15)39(12-29(30,31)32)11-20-23(41)24(42)27(43-20)40-14-36-22-25(33)34-13-35-26(22)40;1-13(2)37(10-19-22(39)23(40)26(41-19)38-12-34-21-24(31)32-11-33-25(21)38)15-7-14(8-15)3-6-20-35-17-5-4-16(9-18(17)36-20)42-27(28,29)30/h7-8,10-11,14,17-19,21-22,26,30,39H,6,9,12-13,15-16H2,1-5H3,(H,35,36)(H2,32,33,34);5-6,10,13-15,17,20,23-24,27,41-42H,4,7-9,11-12H2,1-3H3,(H,37,38)(H2,33,34,35);4-5,9,11-15,19,22-23,26,39-40H,3,6-8,10H2,1-2H3,(H,35,36)(H2,31,32,33)/t19?,21?,22-,26+,30+;15?,17?,20-,23-,24-,27-;14?,15?,19-,22-,23-,26-/m011/s1. The van der Waals surface area contributed by atoms with Crippen molar-refractivity contribution in [2.24, 2.45) is 17.8 Å². The number of hydrogen-bond donors (Lipinski definition) is 11. The molecule has 6 fully saturated rings. The molecule has 38 heteroatoms. The van der Waals surface area contributed by atoms with Gasteiger partial charge in [-0.1, -0.05) is 53.7 Å². The molecule has 12 heterocycles. The van der Waals surface area contributed by atoms with Crippen LogP contribution in [0.3, 0.4) is 0 Å². The van der Waals surface area contributed by atoms with Crippen molar-refractivity contribution < 1.29 is 70.8 Å². The Balaban J connectivity index is 0.000000138. The van der Waals surface area contributed by atoms with Crippen LogP contribution in [0.15, 0.2) is 98.5 Å². The third kappa shape index (κ3) is 19.5. The average Bonchev–Trinajstić information content (AvgIpc) is 1.62. The fourth-order valence-electron chi connectivity index (χ4n) is 18.8. The number of ether oxygens (including phenoxy) is 4. The van der Waals surface area contributed by atoms with Crippen LogP contribution in [0.4, 0.5) is 43.8 Å². The Morgan fingerprint density at radius 1 is 0.480 bits per heavy atom. The van der Waals surface area contributed by atoms with Gasteiger partial charge in [-0.3, -0.25) is 23.8 Å². The van der Waals surface area contributed by atoms with Gasteiger partial charge in [-0.15, -0.1) is 13.2 Å². The monoisotopic (exact) mass is 1740 g/mol. The lowest BCUT2D eigenvalue weighted by Crippen LogP contribution is -2.52. The van der Waals surface area contributed by atoms with Gasteiger partial charge in [0.15, 0.2) is 41.6 Å². The summed E-state index contributed by atoms with van der Waals surface area (Å²) in [4.78, 5) is 63.4. The molecule has 0 radical (unpaired) electrons. The third-order valence-corrected chi connectivity index (χ3v) is 25.9. The maximum Gasteiger partial charge on any atom is 0.573 e. The van der Waals surface area contributed by atoms with Gasteiger partial charge in [0, 0.05) is 87.8 Å². The number of nitrogens with two attached hydrogens (primary N) is 3. The Kier molecular flexibility index (Phi) is 25.1. The highest BCUT2D eigenvalue weighted by molar-refractivity contribution is 5.86. The van der Waals surface area contributed by atoms with E-state index in [0.717, 1.165) is 90.0 Å². The van der Waals surface area contributed by atoms with Crippen molar-refractivity contribution in [1.29, 1.82) is 0 Å². The molecule has 18 rings (SSSR count). The first kappa shape index (κ1) is 88.6. The van der Waals surface area contributed by atoms with E-state index in [1.54, 1.807) is 4.57 Å². The molecule has 3 saturated carbocycles. The zero-order valence-corrected chi connectivity index (χ0v) is 71.7. The van der Waals surface area contributed by atoms with Gasteiger partial charge in [0.2, 0.25) is 0 Å². The molecule has 3 aliphatic carbocycles. The largest absolute Gasteiger partial charge is 0.573 e. The molecule has 0 unspecified atom stereocenters. The average molecular weight is 1740 g/mol. The Labute approximate surface area is 717 Å². The van der Waals surface area contributed by atoms with Gasteiger partial charge < -0.3 is 81.2 Å². The second-order valence-corrected chi connectivity index (χ2v) is 37.4. The van der Waals surface area contributed by atoms with E-state index in [-0.39, 0.29) is 64.5 Å². The van der Waals surface area contributed by atoms with Crippen LogP contribution in [0.1, 0.15) is 181 Å².